The lowest BCUT2D eigenvalue weighted by Crippen LogP contribution is -2.12. The molecule has 0 radical (unpaired) electrons. The van der Waals surface area contributed by atoms with E-state index in [-0.39, 0.29) is 5.91 Å². The van der Waals surface area contributed by atoms with E-state index in [9.17, 15) is 4.79 Å². The summed E-state index contributed by atoms with van der Waals surface area (Å²) in [6.07, 6.45) is 0. The van der Waals surface area contributed by atoms with E-state index in [0.29, 0.717) is 16.6 Å². The smallest absolute Gasteiger partial charge is 0.255 e. The molecule has 0 fully saturated rings. The fraction of sp³-hybridized carbons (Fsp3) is 0.222. The summed E-state index contributed by atoms with van der Waals surface area (Å²) in [5.41, 5.74) is 7.07. The normalized spacial score (nSPS) is 11.0. The number of thiazole rings is 1. The summed E-state index contributed by atoms with van der Waals surface area (Å²) in [5, 5.41) is 3.61. The molecule has 6 heteroatoms. The summed E-state index contributed by atoms with van der Waals surface area (Å²) >= 11 is 1.46. The van der Waals surface area contributed by atoms with Gasteiger partial charge in [0, 0.05) is 11.3 Å². The number of carbonyl (C=O) groups excluding carboxylic acids is 1. The Balaban J connectivity index is 1.84. The van der Waals surface area contributed by atoms with Crippen molar-refractivity contribution in [1.82, 2.24) is 4.98 Å². The molecule has 1 amide bonds. The lowest BCUT2D eigenvalue weighted by atomic mass is 10.0. The molecule has 24 heavy (non-hydrogen) atoms. The summed E-state index contributed by atoms with van der Waals surface area (Å²) in [7, 11) is 0. The highest BCUT2D eigenvalue weighted by Crippen LogP contribution is 2.30. The van der Waals surface area contributed by atoms with E-state index in [2.05, 4.69) is 29.6 Å². The molecule has 3 aromatic rings. The SMILES string of the molecule is Cc1cc(NC(=O)c2ccc(C(C)C)cc2)cc2sc(NN)nc12. The zero-order valence-corrected chi connectivity index (χ0v) is 14.7. The fourth-order valence-electron chi connectivity index (χ4n) is 2.55. The van der Waals surface area contributed by atoms with Gasteiger partial charge in [-0.05, 0) is 48.2 Å². The van der Waals surface area contributed by atoms with Crippen LogP contribution in [0.3, 0.4) is 0 Å². The first-order valence-electron chi connectivity index (χ1n) is 7.77. The first kappa shape index (κ1) is 16.4. The molecule has 3 rings (SSSR count). The predicted octanol–water partition coefficient (Wildman–Crippen LogP) is 4.27. The van der Waals surface area contributed by atoms with Crippen molar-refractivity contribution in [2.45, 2.75) is 26.7 Å². The lowest BCUT2D eigenvalue weighted by molar-refractivity contribution is 0.102. The number of fused-ring (bicyclic) bond motifs is 1. The summed E-state index contributed by atoms with van der Waals surface area (Å²) in [6.45, 7) is 6.23. The van der Waals surface area contributed by atoms with Gasteiger partial charge in [0.05, 0.1) is 10.2 Å². The van der Waals surface area contributed by atoms with Gasteiger partial charge in [0.2, 0.25) is 0 Å². The van der Waals surface area contributed by atoms with Crippen molar-refractivity contribution in [3.8, 4) is 0 Å². The first-order valence-corrected chi connectivity index (χ1v) is 8.58. The average Bonchev–Trinajstić information content (AvgIpc) is 2.98. The third kappa shape index (κ3) is 3.25. The van der Waals surface area contributed by atoms with Gasteiger partial charge in [0.15, 0.2) is 5.13 Å². The van der Waals surface area contributed by atoms with Crippen molar-refractivity contribution in [3.05, 3.63) is 53.1 Å². The van der Waals surface area contributed by atoms with Gasteiger partial charge in [-0.1, -0.05) is 37.3 Å². The van der Waals surface area contributed by atoms with Gasteiger partial charge >= 0.3 is 0 Å². The Labute approximate surface area is 144 Å². The van der Waals surface area contributed by atoms with Gasteiger partial charge in [-0.3, -0.25) is 10.2 Å². The second-order valence-corrected chi connectivity index (χ2v) is 7.06. The van der Waals surface area contributed by atoms with Crippen molar-refractivity contribution in [1.29, 1.82) is 0 Å². The van der Waals surface area contributed by atoms with Gasteiger partial charge in [0.25, 0.3) is 5.91 Å². The molecule has 0 saturated heterocycles. The highest BCUT2D eigenvalue weighted by molar-refractivity contribution is 7.22. The van der Waals surface area contributed by atoms with Crippen molar-refractivity contribution in [2.24, 2.45) is 5.84 Å². The number of nitrogens with one attached hydrogen (secondary N) is 2. The molecule has 124 valence electrons. The fourth-order valence-corrected chi connectivity index (χ4v) is 3.45. The van der Waals surface area contributed by atoms with Crippen molar-refractivity contribution >= 4 is 38.3 Å². The largest absolute Gasteiger partial charge is 0.322 e. The molecule has 0 aliphatic rings. The number of carbonyl (C=O) groups is 1. The predicted molar refractivity (Wildman–Crippen MR) is 101 cm³/mol. The molecule has 0 atom stereocenters. The van der Waals surface area contributed by atoms with Crippen LogP contribution in [0.4, 0.5) is 10.8 Å². The standard InChI is InChI=1S/C18H20N4OS/c1-10(2)12-4-6-13(7-5-12)17(23)20-14-8-11(3)16-15(9-14)24-18(21-16)22-19/h4-10H,19H2,1-3H3,(H,20,23)(H,21,22). The second kappa shape index (κ2) is 6.59. The van der Waals surface area contributed by atoms with Crippen molar-refractivity contribution < 1.29 is 4.79 Å². The van der Waals surface area contributed by atoms with E-state index in [4.69, 9.17) is 5.84 Å². The maximum absolute atomic E-state index is 12.4. The second-order valence-electron chi connectivity index (χ2n) is 6.03. The van der Waals surface area contributed by atoms with Crippen LogP contribution in [0.15, 0.2) is 36.4 Å². The van der Waals surface area contributed by atoms with E-state index in [0.717, 1.165) is 21.5 Å². The highest BCUT2D eigenvalue weighted by atomic mass is 32.1. The molecule has 5 nitrogen and oxygen atoms in total. The number of anilines is 2. The van der Waals surface area contributed by atoms with Crippen LogP contribution in [0.2, 0.25) is 0 Å². The molecule has 1 heterocycles. The average molecular weight is 340 g/mol. The molecule has 0 aliphatic heterocycles. The maximum atomic E-state index is 12.4. The van der Waals surface area contributed by atoms with E-state index in [1.807, 2.05) is 43.3 Å². The molecular weight excluding hydrogens is 320 g/mol. The monoisotopic (exact) mass is 340 g/mol. The number of rotatable bonds is 4. The number of benzene rings is 2. The number of aryl methyl sites for hydroxylation is 1. The Morgan fingerprint density at radius 3 is 2.54 bits per heavy atom. The topological polar surface area (TPSA) is 80.0 Å². The lowest BCUT2D eigenvalue weighted by Gasteiger charge is -2.09. The third-order valence-electron chi connectivity index (χ3n) is 3.91. The minimum atomic E-state index is -0.120. The van der Waals surface area contributed by atoms with Crippen LogP contribution in [0, 0.1) is 6.92 Å². The molecule has 0 bridgehead atoms. The van der Waals surface area contributed by atoms with E-state index < -0.39 is 0 Å². The van der Waals surface area contributed by atoms with Gasteiger partial charge < -0.3 is 5.32 Å². The molecule has 4 N–H and O–H groups in total. The number of hydrogen-bond acceptors (Lipinski definition) is 5. The number of amides is 1. The first-order chi connectivity index (χ1) is 11.5. The molecule has 2 aromatic carbocycles. The quantitative estimate of drug-likeness (QED) is 0.489. The zero-order valence-electron chi connectivity index (χ0n) is 13.9. The van der Waals surface area contributed by atoms with Gasteiger partial charge in [-0.2, -0.15) is 0 Å². The van der Waals surface area contributed by atoms with Crippen molar-refractivity contribution in [2.75, 3.05) is 10.7 Å². The molecule has 0 unspecified atom stereocenters. The zero-order chi connectivity index (χ0) is 17.3. The maximum Gasteiger partial charge on any atom is 0.255 e. The van der Waals surface area contributed by atoms with E-state index >= 15 is 0 Å². The Kier molecular flexibility index (Phi) is 4.51. The molecule has 1 aromatic heterocycles. The highest BCUT2D eigenvalue weighted by Gasteiger charge is 2.11. The van der Waals surface area contributed by atoms with Crippen LogP contribution in [-0.4, -0.2) is 10.9 Å². The molecule has 0 spiro atoms. The van der Waals surface area contributed by atoms with E-state index in [1.54, 1.807) is 0 Å². The number of hydrogen-bond donors (Lipinski definition) is 3. The molecule has 0 saturated carbocycles. The molecular formula is C18H20N4OS. The van der Waals surface area contributed by atoms with Crippen LogP contribution < -0.4 is 16.6 Å². The number of nitrogen functional groups attached to an aromatic ring is 1. The summed E-state index contributed by atoms with van der Waals surface area (Å²) in [5.74, 6) is 5.75. The van der Waals surface area contributed by atoms with Gasteiger partial charge in [-0.15, -0.1) is 0 Å². The van der Waals surface area contributed by atoms with Crippen molar-refractivity contribution in [3.63, 3.8) is 0 Å². The van der Waals surface area contributed by atoms with Gasteiger partial charge in [0.1, 0.15) is 0 Å². The van der Waals surface area contributed by atoms with Crippen LogP contribution in [0.25, 0.3) is 10.2 Å². The Bertz CT molecular complexity index is 884. The summed E-state index contributed by atoms with van der Waals surface area (Å²) < 4.78 is 0.980. The Hall–Kier alpha value is -2.44. The summed E-state index contributed by atoms with van der Waals surface area (Å²) in [4.78, 5) is 16.9. The van der Waals surface area contributed by atoms with Gasteiger partial charge in [-0.25, -0.2) is 10.8 Å². The number of aromatic nitrogens is 1. The number of nitrogens with two attached hydrogens (primary N) is 1. The molecule has 0 aliphatic carbocycles. The van der Waals surface area contributed by atoms with Crippen LogP contribution in [-0.2, 0) is 0 Å². The van der Waals surface area contributed by atoms with Crippen LogP contribution in [0.1, 0.15) is 41.3 Å². The van der Waals surface area contributed by atoms with Crippen LogP contribution in [0.5, 0.6) is 0 Å². The summed E-state index contributed by atoms with van der Waals surface area (Å²) in [6, 6.07) is 11.6. The Morgan fingerprint density at radius 2 is 1.92 bits per heavy atom. The number of nitrogens with zero attached hydrogens (tertiary/aromatic N) is 1. The van der Waals surface area contributed by atoms with E-state index in [1.165, 1.54) is 16.9 Å². The Morgan fingerprint density at radius 1 is 1.21 bits per heavy atom. The third-order valence-corrected chi connectivity index (χ3v) is 4.84. The number of hydrazine groups is 1. The van der Waals surface area contributed by atoms with Crippen LogP contribution >= 0.6 is 11.3 Å². The minimum Gasteiger partial charge on any atom is -0.322 e. The minimum absolute atomic E-state index is 0.120.